The van der Waals surface area contributed by atoms with Gasteiger partial charge in [-0.1, -0.05) is 98.1 Å². The molecule has 0 spiro atoms. The number of carbonyl (C=O) groups excluding carboxylic acids is 1. The molecule has 6 heteroatoms. The zero-order valence-corrected chi connectivity index (χ0v) is 25.2. The Labute approximate surface area is 241 Å². The SMILES string of the molecule is C=CCCO[Si](OCCOC(=O)C(=C)C)(c1ccccc1)c1ccccc1.C=Cc1ccc(OC(C)(C)C)cc1. The van der Waals surface area contributed by atoms with Crippen molar-refractivity contribution in [3.05, 3.63) is 122 Å². The van der Waals surface area contributed by atoms with Crippen molar-refractivity contribution in [2.24, 2.45) is 0 Å². The van der Waals surface area contributed by atoms with E-state index in [0.717, 1.165) is 28.1 Å². The standard InChI is InChI=1S/C22H26O4Si.C12H16O/c1-4-5-16-25-27(20-12-8-6-9-13-20,21-14-10-7-11-15-21)26-18-17-24-22(23)19(2)3;1-5-10-6-8-11(9-7-10)13-12(2,3)4/h4,6-15H,1-2,5,16-18H2,3H3;5-9H,1H2,2-4H3. The molecule has 0 amide bonds. The monoisotopic (exact) mass is 558 g/mol. The molecule has 3 rings (SSSR count). The van der Waals surface area contributed by atoms with Crippen LogP contribution in [0, 0.1) is 0 Å². The third-order valence-corrected chi connectivity index (χ3v) is 8.85. The van der Waals surface area contributed by atoms with Gasteiger partial charge in [0.15, 0.2) is 0 Å². The van der Waals surface area contributed by atoms with Crippen LogP contribution in [-0.4, -0.2) is 40.0 Å². The predicted octanol–water partition coefficient (Wildman–Crippen LogP) is 6.48. The van der Waals surface area contributed by atoms with E-state index in [1.807, 2.05) is 118 Å². The van der Waals surface area contributed by atoms with Crippen molar-refractivity contribution in [1.29, 1.82) is 0 Å². The molecule has 3 aromatic carbocycles. The van der Waals surface area contributed by atoms with Crippen molar-refractivity contribution in [3.8, 4) is 5.75 Å². The lowest BCUT2D eigenvalue weighted by atomic mass is 10.2. The highest BCUT2D eigenvalue weighted by molar-refractivity contribution is 6.92. The fraction of sp³-hybridized carbons (Fsp3) is 0.265. The van der Waals surface area contributed by atoms with Gasteiger partial charge >= 0.3 is 14.5 Å². The molecular weight excluding hydrogens is 516 g/mol. The minimum absolute atomic E-state index is 0.129. The van der Waals surface area contributed by atoms with Crippen LogP contribution < -0.4 is 15.1 Å². The summed E-state index contributed by atoms with van der Waals surface area (Å²) in [5.41, 5.74) is 1.35. The highest BCUT2D eigenvalue weighted by atomic mass is 28.4. The molecule has 0 radical (unpaired) electrons. The van der Waals surface area contributed by atoms with E-state index in [2.05, 4.69) is 19.7 Å². The summed E-state index contributed by atoms with van der Waals surface area (Å²) in [5, 5.41) is 2.01. The first-order valence-electron chi connectivity index (χ1n) is 13.4. The molecule has 0 heterocycles. The molecule has 212 valence electrons. The summed E-state index contributed by atoms with van der Waals surface area (Å²) in [6.07, 6.45) is 4.37. The minimum atomic E-state index is -2.95. The average molecular weight is 559 g/mol. The van der Waals surface area contributed by atoms with Crippen molar-refractivity contribution >= 4 is 31.0 Å². The van der Waals surface area contributed by atoms with E-state index in [0.29, 0.717) is 12.2 Å². The lowest BCUT2D eigenvalue weighted by molar-refractivity contribution is -0.139. The van der Waals surface area contributed by atoms with Crippen LogP contribution >= 0.6 is 0 Å². The van der Waals surface area contributed by atoms with Crippen LogP contribution in [0.3, 0.4) is 0 Å². The molecule has 0 aliphatic carbocycles. The quantitative estimate of drug-likeness (QED) is 0.0790. The second-order valence-electron chi connectivity index (χ2n) is 10.0. The molecule has 0 aliphatic rings. The van der Waals surface area contributed by atoms with E-state index in [1.54, 1.807) is 6.92 Å². The molecule has 3 aromatic rings. The zero-order valence-electron chi connectivity index (χ0n) is 24.2. The molecule has 0 atom stereocenters. The Balaban J connectivity index is 0.000000360. The lowest BCUT2D eigenvalue weighted by Crippen LogP contribution is -2.63. The van der Waals surface area contributed by atoms with Crippen LogP contribution in [0.25, 0.3) is 6.08 Å². The van der Waals surface area contributed by atoms with Gasteiger partial charge in [0.05, 0.1) is 6.61 Å². The maximum atomic E-state index is 11.6. The molecule has 0 N–H and O–H groups in total. The van der Waals surface area contributed by atoms with Gasteiger partial charge in [-0.15, -0.1) is 6.58 Å². The van der Waals surface area contributed by atoms with Crippen LogP contribution in [-0.2, 0) is 18.4 Å². The predicted molar refractivity (Wildman–Crippen MR) is 167 cm³/mol. The van der Waals surface area contributed by atoms with Crippen molar-refractivity contribution in [2.75, 3.05) is 19.8 Å². The number of hydrogen-bond donors (Lipinski definition) is 0. The summed E-state index contributed by atoms with van der Waals surface area (Å²) in [6, 6.07) is 27.8. The molecule has 0 aromatic heterocycles. The first-order valence-corrected chi connectivity index (χ1v) is 15.2. The zero-order chi connectivity index (χ0) is 29.4. The van der Waals surface area contributed by atoms with E-state index in [1.165, 1.54) is 0 Å². The van der Waals surface area contributed by atoms with Crippen LogP contribution in [0.15, 0.2) is 116 Å². The van der Waals surface area contributed by atoms with E-state index in [4.69, 9.17) is 18.3 Å². The number of rotatable bonds is 13. The Hall–Kier alpha value is -3.71. The van der Waals surface area contributed by atoms with Gasteiger partial charge in [-0.25, -0.2) is 4.79 Å². The Kier molecular flexibility index (Phi) is 13.3. The Morgan fingerprint density at radius 1 is 0.800 bits per heavy atom. The normalized spacial score (nSPS) is 11.0. The molecule has 0 fully saturated rings. The van der Waals surface area contributed by atoms with E-state index in [-0.39, 0.29) is 18.8 Å². The molecule has 0 saturated carbocycles. The molecule has 5 nitrogen and oxygen atoms in total. The van der Waals surface area contributed by atoms with Crippen LogP contribution in [0.2, 0.25) is 0 Å². The van der Waals surface area contributed by atoms with Gasteiger partial charge < -0.3 is 18.3 Å². The molecular formula is C34H42O5Si. The van der Waals surface area contributed by atoms with Crippen molar-refractivity contribution < 1.29 is 23.1 Å². The van der Waals surface area contributed by atoms with Gasteiger partial charge in [0.1, 0.15) is 18.0 Å². The van der Waals surface area contributed by atoms with Gasteiger partial charge in [0.25, 0.3) is 0 Å². The second kappa shape index (κ2) is 16.4. The first-order chi connectivity index (χ1) is 19.1. The molecule has 40 heavy (non-hydrogen) atoms. The van der Waals surface area contributed by atoms with Crippen LogP contribution in [0.5, 0.6) is 5.75 Å². The smallest absolute Gasteiger partial charge is 0.407 e. The summed E-state index contributed by atoms with van der Waals surface area (Å²) >= 11 is 0. The molecule has 0 saturated heterocycles. The number of carbonyl (C=O) groups is 1. The highest BCUT2D eigenvalue weighted by Gasteiger charge is 2.42. The fourth-order valence-corrected chi connectivity index (χ4v) is 6.73. The van der Waals surface area contributed by atoms with Gasteiger partial charge in [-0.05, 0) is 62.2 Å². The third kappa shape index (κ3) is 10.8. The maximum Gasteiger partial charge on any atom is 0.407 e. The first kappa shape index (κ1) is 32.5. The largest absolute Gasteiger partial charge is 0.488 e. The van der Waals surface area contributed by atoms with Crippen molar-refractivity contribution in [3.63, 3.8) is 0 Å². The molecule has 0 aliphatic heterocycles. The van der Waals surface area contributed by atoms with E-state index < -0.39 is 14.5 Å². The number of hydrogen-bond acceptors (Lipinski definition) is 5. The lowest BCUT2D eigenvalue weighted by Gasteiger charge is -2.31. The van der Waals surface area contributed by atoms with Crippen LogP contribution in [0.4, 0.5) is 0 Å². The fourth-order valence-electron chi connectivity index (χ4n) is 3.61. The molecule has 0 bridgehead atoms. The summed E-state index contributed by atoms with van der Waals surface area (Å²) in [6.45, 7) is 19.7. The Bertz CT molecular complexity index is 1160. The Morgan fingerprint density at radius 3 is 1.77 bits per heavy atom. The van der Waals surface area contributed by atoms with E-state index >= 15 is 0 Å². The highest BCUT2D eigenvalue weighted by Crippen LogP contribution is 2.18. The number of esters is 1. The third-order valence-electron chi connectivity index (χ3n) is 5.45. The van der Waals surface area contributed by atoms with Crippen molar-refractivity contribution in [2.45, 2.75) is 39.7 Å². The Morgan fingerprint density at radius 2 is 1.32 bits per heavy atom. The maximum absolute atomic E-state index is 11.6. The van der Waals surface area contributed by atoms with E-state index in [9.17, 15) is 4.79 Å². The molecule has 0 unspecified atom stereocenters. The summed E-state index contributed by atoms with van der Waals surface area (Å²) in [4.78, 5) is 11.6. The van der Waals surface area contributed by atoms with Gasteiger partial charge in [-0.2, -0.15) is 0 Å². The van der Waals surface area contributed by atoms with Gasteiger partial charge in [-0.3, -0.25) is 0 Å². The van der Waals surface area contributed by atoms with Crippen molar-refractivity contribution in [1.82, 2.24) is 0 Å². The minimum Gasteiger partial charge on any atom is -0.488 e. The topological polar surface area (TPSA) is 54.0 Å². The number of benzene rings is 3. The summed E-state index contributed by atoms with van der Waals surface area (Å²) in [7, 11) is -2.95. The van der Waals surface area contributed by atoms with Crippen LogP contribution in [0.1, 0.15) is 39.7 Å². The van der Waals surface area contributed by atoms with Gasteiger partial charge in [0.2, 0.25) is 0 Å². The summed E-state index contributed by atoms with van der Waals surface area (Å²) in [5.74, 6) is 0.482. The van der Waals surface area contributed by atoms with Gasteiger partial charge in [0, 0.05) is 12.2 Å². The second-order valence-corrected chi connectivity index (χ2v) is 13.0. The summed E-state index contributed by atoms with van der Waals surface area (Å²) < 4.78 is 23.6. The number of ether oxygens (including phenoxy) is 2. The average Bonchev–Trinajstić information content (AvgIpc) is 2.95.